The second-order valence-corrected chi connectivity index (χ2v) is 6.14. The van der Waals surface area contributed by atoms with Crippen molar-refractivity contribution < 1.29 is 9.84 Å². The molecule has 0 unspecified atom stereocenters. The van der Waals surface area contributed by atoms with E-state index in [-0.39, 0.29) is 6.61 Å². The molecule has 2 aromatic heterocycles. The Morgan fingerprint density at radius 1 is 1.12 bits per heavy atom. The van der Waals surface area contributed by atoms with Crippen LogP contribution in [0.5, 0.6) is 5.75 Å². The SMILES string of the molecule is COc1cc2c(c3ccccc3n2C)c2c(NCCCO)nccc12. The van der Waals surface area contributed by atoms with Gasteiger partial charge in [-0.3, -0.25) is 0 Å². The van der Waals surface area contributed by atoms with E-state index in [1.54, 1.807) is 13.3 Å². The van der Waals surface area contributed by atoms with Crippen LogP contribution in [0.25, 0.3) is 32.6 Å². The van der Waals surface area contributed by atoms with Gasteiger partial charge in [0.2, 0.25) is 0 Å². The molecule has 0 aliphatic rings. The van der Waals surface area contributed by atoms with Crippen LogP contribution >= 0.6 is 0 Å². The van der Waals surface area contributed by atoms with E-state index in [0.29, 0.717) is 13.0 Å². The lowest BCUT2D eigenvalue weighted by molar-refractivity contribution is 0.292. The number of aromatic nitrogens is 2. The summed E-state index contributed by atoms with van der Waals surface area (Å²) >= 11 is 0. The number of hydrogen-bond donors (Lipinski definition) is 2. The van der Waals surface area contributed by atoms with E-state index in [4.69, 9.17) is 9.84 Å². The van der Waals surface area contributed by atoms with E-state index in [0.717, 1.165) is 27.9 Å². The molecule has 0 atom stereocenters. The molecular weight excluding hydrogens is 314 g/mol. The monoisotopic (exact) mass is 335 g/mol. The second-order valence-electron chi connectivity index (χ2n) is 6.14. The zero-order valence-electron chi connectivity index (χ0n) is 14.4. The van der Waals surface area contributed by atoms with E-state index in [1.807, 2.05) is 6.07 Å². The van der Waals surface area contributed by atoms with E-state index >= 15 is 0 Å². The molecule has 25 heavy (non-hydrogen) atoms. The zero-order valence-corrected chi connectivity index (χ0v) is 14.4. The third kappa shape index (κ3) is 2.39. The third-order valence-corrected chi connectivity index (χ3v) is 4.73. The van der Waals surface area contributed by atoms with E-state index in [9.17, 15) is 0 Å². The number of benzene rings is 2. The quantitative estimate of drug-likeness (QED) is 0.546. The zero-order chi connectivity index (χ0) is 17.4. The maximum absolute atomic E-state index is 9.07. The van der Waals surface area contributed by atoms with Crippen molar-refractivity contribution in [2.75, 3.05) is 25.6 Å². The van der Waals surface area contributed by atoms with Crippen LogP contribution in [0.15, 0.2) is 42.6 Å². The van der Waals surface area contributed by atoms with Gasteiger partial charge in [0.15, 0.2) is 0 Å². The number of rotatable bonds is 5. The summed E-state index contributed by atoms with van der Waals surface area (Å²) in [7, 11) is 3.77. The number of pyridine rings is 1. The summed E-state index contributed by atoms with van der Waals surface area (Å²) in [5, 5.41) is 16.9. The maximum Gasteiger partial charge on any atom is 0.134 e. The van der Waals surface area contributed by atoms with Gasteiger partial charge in [-0.1, -0.05) is 18.2 Å². The van der Waals surface area contributed by atoms with Crippen molar-refractivity contribution >= 4 is 38.4 Å². The third-order valence-electron chi connectivity index (χ3n) is 4.73. The highest BCUT2D eigenvalue weighted by molar-refractivity contribution is 6.24. The molecule has 128 valence electrons. The average molecular weight is 335 g/mol. The molecular formula is C20H21N3O2. The van der Waals surface area contributed by atoms with Gasteiger partial charge >= 0.3 is 0 Å². The molecule has 0 saturated carbocycles. The van der Waals surface area contributed by atoms with E-state index in [1.165, 1.54) is 16.3 Å². The molecule has 2 aromatic carbocycles. The Hall–Kier alpha value is -2.79. The van der Waals surface area contributed by atoms with Gasteiger partial charge in [-0.15, -0.1) is 0 Å². The topological polar surface area (TPSA) is 59.3 Å². The molecule has 0 spiro atoms. The molecule has 5 nitrogen and oxygen atoms in total. The van der Waals surface area contributed by atoms with Crippen molar-refractivity contribution in [1.29, 1.82) is 0 Å². The molecule has 0 aliphatic carbocycles. The summed E-state index contributed by atoms with van der Waals surface area (Å²) in [5.74, 6) is 1.66. The highest BCUT2D eigenvalue weighted by Gasteiger charge is 2.17. The van der Waals surface area contributed by atoms with Gasteiger partial charge < -0.3 is 19.7 Å². The summed E-state index contributed by atoms with van der Waals surface area (Å²) in [6.45, 7) is 0.830. The van der Waals surface area contributed by atoms with E-state index in [2.05, 4.69) is 52.2 Å². The largest absolute Gasteiger partial charge is 0.496 e. The molecule has 0 bridgehead atoms. The Morgan fingerprint density at radius 3 is 2.76 bits per heavy atom. The number of aliphatic hydroxyl groups is 1. The minimum Gasteiger partial charge on any atom is -0.496 e. The number of para-hydroxylation sites is 1. The number of methoxy groups -OCH3 is 1. The molecule has 0 fully saturated rings. The lowest BCUT2D eigenvalue weighted by Gasteiger charge is -2.13. The normalized spacial score (nSPS) is 11.5. The number of fused-ring (bicyclic) bond motifs is 5. The Labute approximate surface area is 145 Å². The summed E-state index contributed by atoms with van der Waals surface area (Å²) < 4.78 is 7.85. The fraction of sp³-hybridized carbons (Fsp3) is 0.250. The van der Waals surface area contributed by atoms with Crippen molar-refractivity contribution in [2.24, 2.45) is 7.05 Å². The van der Waals surface area contributed by atoms with Crippen LogP contribution in [0.3, 0.4) is 0 Å². The van der Waals surface area contributed by atoms with Gasteiger partial charge in [0.25, 0.3) is 0 Å². The molecule has 4 rings (SSSR count). The number of nitrogens with one attached hydrogen (secondary N) is 1. The number of aryl methyl sites for hydroxylation is 1. The van der Waals surface area contributed by atoms with Crippen molar-refractivity contribution in [1.82, 2.24) is 9.55 Å². The predicted molar refractivity (Wildman–Crippen MR) is 102 cm³/mol. The smallest absolute Gasteiger partial charge is 0.134 e. The Bertz CT molecular complexity index is 1070. The average Bonchev–Trinajstić information content (AvgIpc) is 2.94. The molecule has 2 N–H and O–H groups in total. The van der Waals surface area contributed by atoms with Gasteiger partial charge in [-0.25, -0.2) is 4.98 Å². The summed E-state index contributed by atoms with van der Waals surface area (Å²) in [5.41, 5.74) is 2.29. The fourth-order valence-electron chi connectivity index (χ4n) is 3.56. The van der Waals surface area contributed by atoms with Crippen molar-refractivity contribution in [2.45, 2.75) is 6.42 Å². The van der Waals surface area contributed by atoms with Crippen LogP contribution < -0.4 is 10.1 Å². The molecule has 5 heteroatoms. The summed E-state index contributed by atoms with van der Waals surface area (Å²) in [6, 6.07) is 12.5. The summed E-state index contributed by atoms with van der Waals surface area (Å²) in [6.07, 6.45) is 2.48. The molecule has 0 radical (unpaired) electrons. The maximum atomic E-state index is 9.07. The van der Waals surface area contributed by atoms with Crippen LogP contribution in [0, 0.1) is 0 Å². The summed E-state index contributed by atoms with van der Waals surface area (Å²) in [4.78, 5) is 4.56. The minimum atomic E-state index is 0.158. The second kappa shape index (κ2) is 6.26. The molecule has 0 aliphatic heterocycles. The van der Waals surface area contributed by atoms with Gasteiger partial charge in [0, 0.05) is 59.5 Å². The number of nitrogens with zero attached hydrogens (tertiary/aromatic N) is 2. The van der Waals surface area contributed by atoms with Gasteiger partial charge in [-0.2, -0.15) is 0 Å². The molecule has 2 heterocycles. The number of aliphatic hydroxyl groups excluding tert-OH is 1. The first kappa shape index (κ1) is 15.7. The van der Waals surface area contributed by atoms with Crippen LogP contribution in [0.4, 0.5) is 5.82 Å². The van der Waals surface area contributed by atoms with Crippen LogP contribution in [-0.4, -0.2) is 34.9 Å². The standard InChI is InChI=1S/C20H21N3O2/c1-23-15-7-4-3-6-13(15)18-16(23)12-17(25-2)14-8-10-22-20(19(14)18)21-9-5-11-24/h3-4,6-8,10,12,24H,5,9,11H2,1-2H3,(H,21,22). The van der Waals surface area contributed by atoms with Gasteiger partial charge in [0.05, 0.1) is 12.6 Å². The highest BCUT2D eigenvalue weighted by Crippen LogP contribution is 2.41. The Morgan fingerprint density at radius 2 is 1.96 bits per heavy atom. The molecule has 4 aromatic rings. The van der Waals surface area contributed by atoms with Gasteiger partial charge in [-0.05, 0) is 18.6 Å². The molecule has 0 amide bonds. The minimum absolute atomic E-state index is 0.158. The number of anilines is 1. The Kier molecular flexibility index (Phi) is 3.93. The lowest BCUT2D eigenvalue weighted by atomic mass is 10.0. The first-order valence-electron chi connectivity index (χ1n) is 8.44. The van der Waals surface area contributed by atoms with Crippen LogP contribution in [0.2, 0.25) is 0 Å². The first-order chi connectivity index (χ1) is 12.3. The number of ether oxygens (including phenoxy) is 1. The lowest BCUT2D eigenvalue weighted by Crippen LogP contribution is -2.05. The Balaban J connectivity index is 2.14. The van der Waals surface area contributed by atoms with E-state index < -0.39 is 0 Å². The number of hydrogen-bond acceptors (Lipinski definition) is 4. The first-order valence-corrected chi connectivity index (χ1v) is 8.44. The molecule has 0 saturated heterocycles. The van der Waals surface area contributed by atoms with Crippen LogP contribution in [0.1, 0.15) is 6.42 Å². The predicted octanol–water partition coefficient (Wildman–Crippen LogP) is 3.68. The van der Waals surface area contributed by atoms with Crippen LogP contribution in [-0.2, 0) is 7.05 Å². The van der Waals surface area contributed by atoms with Crippen molar-refractivity contribution in [3.05, 3.63) is 42.6 Å². The fourth-order valence-corrected chi connectivity index (χ4v) is 3.56. The highest BCUT2D eigenvalue weighted by atomic mass is 16.5. The van der Waals surface area contributed by atoms with Gasteiger partial charge in [0.1, 0.15) is 11.6 Å². The van der Waals surface area contributed by atoms with Crippen molar-refractivity contribution in [3.63, 3.8) is 0 Å². The van der Waals surface area contributed by atoms with Crippen molar-refractivity contribution in [3.8, 4) is 5.75 Å².